The highest BCUT2D eigenvalue weighted by Crippen LogP contribution is 2.48. The van der Waals surface area contributed by atoms with Gasteiger partial charge in [-0.1, -0.05) is 146 Å². The highest BCUT2D eigenvalue weighted by Gasteiger charge is 2.27. The molecule has 0 aliphatic heterocycles. The third-order valence-corrected chi connectivity index (χ3v) is 13.0. The van der Waals surface area contributed by atoms with Crippen LogP contribution >= 0.6 is 11.3 Å². The molecule has 57 heavy (non-hydrogen) atoms. The van der Waals surface area contributed by atoms with Gasteiger partial charge in [0.2, 0.25) is 0 Å². The summed E-state index contributed by atoms with van der Waals surface area (Å²) in [7, 11) is 0. The Morgan fingerprint density at radius 2 is 0.965 bits per heavy atom. The Labute approximate surface area is 330 Å². The number of para-hydroxylation sites is 2. The van der Waals surface area contributed by atoms with Crippen LogP contribution in [0.5, 0.6) is 0 Å². The molecule has 0 bridgehead atoms. The number of rotatable bonds is 4. The molecule has 8 aromatic carbocycles. The van der Waals surface area contributed by atoms with Gasteiger partial charge in [-0.25, -0.2) is 9.97 Å². The van der Waals surface area contributed by atoms with Gasteiger partial charge in [0.1, 0.15) is 0 Å². The minimum Gasteiger partial charge on any atom is -0.308 e. The van der Waals surface area contributed by atoms with E-state index in [1.807, 2.05) is 0 Å². The van der Waals surface area contributed by atoms with Crippen LogP contribution in [0.2, 0.25) is 0 Å². The lowest BCUT2D eigenvalue weighted by Crippen LogP contribution is -2.01. The summed E-state index contributed by atoms with van der Waals surface area (Å²) >= 11 is 1.78. The van der Waals surface area contributed by atoms with Crippen molar-refractivity contribution in [2.45, 2.75) is 0 Å². The van der Waals surface area contributed by atoms with Crippen molar-refractivity contribution in [3.63, 3.8) is 0 Å². The molecule has 5 aromatic heterocycles. The number of benzene rings is 8. The van der Waals surface area contributed by atoms with Gasteiger partial charge in [-0.2, -0.15) is 0 Å². The number of thiophene rings is 1. The van der Waals surface area contributed by atoms with E-state index in [1.165, 1.54) is 81.3 Å². The van der Waals surface area contributed by atoms with E-state index >= 15 is 0 Å². The van der Waals surface area contributed by atoms with E-state index in [0.717, 1.165) is 32.5 Å². The van der Waals surface area contributed by atoms with Crippen molar-refractivity contribution in [2.24, 2.45) is 0 Å². The van der Waals surface area contributed by atoms with Crippen LogP contribution in [0.1, 0.15) is 0 Å². The molecule has 264 valence electrons. The molecule has 0 aliphatic carbocycles. The van der Waals surface area contributed by atoms with Crippen LogP contribution in [0.3, 0.4) is 0 Å². The molecular weight excluding hydrogens is 713 g/mol. The van der Waals surface area contributed by atoms with E-state index in [2.05, 4.69) is 191 Å². The minimum atomic E-state index is 0.715. The van der Waals surface area contributed by atoms with Crippen LogP contribution in [-0.4, -0.2) is 18.9 Å². The van der Waals surface area contributed by atoms with Gasteiger partial charge in [-0.3, -0.25) is 4.57 Å². The maximum absolute atomic E-state index is 5.58. The minimum absolute atomic E-state index is 0.715. The van der Waals surface area contributed by atoms with Crippen LogP contribution in [-0.2, 0) is 0 Å². The van der Waals surface area contributed by atoms with Crippen LogP contribution in [0, 0.1) is 0 Å². The zero-order valence-electron chi connectivity index (χ0n) is 30.5. The van der Waals surface area contributed by atoms with E-state index in [1.54, 1.807) is 11.3 Å². The summed E-state index contributed by atoms with van der Waals surface area (Å²) in [5, 5.41) is 8.57. The highest BCUT2D eigenvalue weighted by atomic mass is 32.1. The molecule has 0 radical (unpaired) electrons. The number of fused-ring (bicyclic) bond motifs is 13. The molecule has 13 aromatic rings. The zero-order valence-corrected chi connectivity index (χ0v) is 31.3. The van der Waals surface area contributed by atoms with Crippen LogP contribution in [0.4, 0.5) is 0 Å². The first kappa shape index (κ1) is 30.9. The van der Waals surface area contributed by atoms with Crippen molar-refractivity contribution in [1.29, 1.82) is 0 Å². The second-order valence-electron chi connectivity index (χ2n) is 14.9. The Bertz CT molecular complexity index is 3730. The molecule has 0 unspecified atom stereocenters. The lowest BCUT2D eigenvalue weighted by atomic mass is 10.00. The second-order valence-corrected chi connectivity index (χ2v) is 16.0. The molecule has 5 heterocycles. The summed E-state index contributed by atoms with van der Waals surface area (Å²) in [6, 6.07) is 65.7. The summed E-state index contributed by atoms with van der Waals surface area (Å²) in [5.41, 5.74) is 12.7. The molecular formula is C52H30N4S. The number of hydrogen-bond acceptors (Lipinski definition) is 3. The molecule has 0 saturated carbocycles. The fraction of sp³-hybridized carbons (Fsp3) is 0. The predicted molar refractivity (Wildman–Crippen MR) is 240 cm³/mol. The van der Waals surface area contributed by atoms with Gasteiger partial charge in [0.15, 0.2) is 11.6 Å². The lowest BCUT2D eigenvalue weighted by Gasteiger charge is -2.12. The van der Waals surface area contributed by atoms with E-state index < -0.39 is 0 Å². The summed E-state index contributed by atoms with van der Waals surface area (Å²) in [4.78, 5) is 10.9. The summed E-state index contributed by atoms with van der Waals surface area (Å²) < 4.78 is 7.21. The van der Waals surface area contributed by atoms with E-state index in [-0.39, 0.29) is 0 Å². The fourth-order valence-corrected chi connectivity index (χ4v) is 10.5. The quantitative estimate of drug-likeness (QED) is 0.180. The molecule has 0 amide bonds. The molecule has 0 atom stereocenters. The van der Waals surface area contributed by atoms with Crippen molar-refractivity contribution in [3.05, 3.63) is 182 Å². The van der Waals surface area contributed by atoms with Crippen molar-refractivity contribution >= 4 is 91.5 Å². The largest absolute Gasteiger partial charge is 0.308 e. The van der Waals surface area contributed by atoms with E-state index in [0.29, 0.717) is 5.82 Å². The van der Waals surface area contributed by atoms with Gasteiger partial charge in [0, 0.05) is 48.0 Å². The first-order valence-electron chi connectivity index (χ1n) is 19.3. The standard InChI is InChI=1S/C52H30N4S/c1-3-13-31(14-4-1)33-23-25-34(26-24-33)51-53-47-38-19-9-12-22-45(38)57-50(47)52(54-51)56-42-20-10-7-17-36(42)40-30-41-39-29-35(32-15-5-2-6-16-32)27-28-44(39)55-43-21-11-8-18-37(43)46(48(41)55)49(40)56/h1-30H. The monoisotopic (exact) mass is 742 g/mol. The SMILES string of the molecule is c1ccc(-c2ccc(-c3nc(-n4c5ccccc5c5cc6c7cc(-c8ccccc8)ccc7n7c8ccccc8c(c54)c67)c4sc5ccccc5c4n3)cc2)cc1. The Hall–Kier alpha value is -7.34. The van der Waals surface area contributed by atoms with Crippen molar-refractivity contribution in [3.8, 4) is 39.5 Å². The third-order valence-electron chi connectivity index (χ3n) is 11.9. The predicted octanol–water partition coefficient (Wildman–Crippen LogP) is 14.1. The Balaban J connectivity index is 1.17. The maximum Gasteiger partial charge on any atom is 0.162 e. The van der Waals surface area contributed by atoms with Crippen molar-refractivity contribution < 1.29 is 0 Å². The fourth-order valence-electron chi connectivity index (χ4n) is 9.34. The molecule has 0 spiro atoms. The van der Waals surface area contributed by atoms with Crippen LogP contribution in [0.15, 0.2) is 182 Å². The highest BCUT2D eigenvalue weighted by molar-refractivity contribution is 7.26. The lowest BCUT2D eigenvalue weighted by molar-refractivity contribution is 1.08. The molecule has 13 rings (SSSR count). The second kappa shape index (κ2) is 11.6. The van der Waals surface area contributed by atoms with Gasteiger partial charge in [0.05, 0.1) is 37.8 Å². The molecule has 0 saturated heterocycles. The molecule has 5 heteroatoms. The molecule has 4 nitrogen and oxygen atoms in total. The van der Waals surface area contributed by atoms with Gasteiger partial charge in [-0.15, -0.1) is 11.3 Å². The number of aromatic nitrogens is 4. The molecule has 0 aliphatic rings. The van der Waals surface area contributed by atoms with Crippen molar-refractivity contribution in [2.75, 3.05) is 0 Å². The van der Waals surface area contributed by atoms with Gasteiger partial charge in [-0.05, 0) is 58.7 Å². The third kappa shape index (κ3) is 4.32. The molecule has 0 fully saturated rings. The average Bonchev–Trinajstić information content (AvgIpc) is 4.02. The van der Waals surface area contributed by atoms with Crippen molar-refractivity contribution in [1.82, 2.24) is 18.9 Å². The van der Waals surface area contributed by atoms with Crippen LogP contribution in [0.25, 0.3) is 120 Å². The summed E-state index contributed by atoms with van der Waals surface area (Å²) in [6.07, 6.45) is 0. The number of nitrogens with zero attached hydrogens (tertiary/aromatic N) is 4. The first-order valence-corrected chi connectivity index (χ1v) is 20.2. The number of hydrogen-bond donors (Lipinski definition) is 0. The normalized spacial score (nSPS) is 12.2. The Kier molecular flexibility index (Phi) is 6.29. The van der Waals surface area contributed by atoms with Gasteiger partial charge < -0.3 is 4.40 Å². The smallest absolute Gasteiger partial charge is 0.162 e. The van der Waals surface area contributed by atoms with Gasteiger partial charge >= 0.3 is 0 Å². The Morgan fingerprint density at radius 3 is 1.75 bits per heavy atom. The van der Waals surface area contributed by atoms with E-state index in [9.17, 15) is 0 Å². The maximum atomic E-state index is 5.58. The average molecular weight is 743 g/mol. The van der Waals surface area contributed by atoms with Crippen LogP contribution < -0.4 is 0 Å². The van der Waals surface area contributed by atoms with Gasteiger partial charge in [0.25, 0.3) is 0 Å². The Morgan fingerprint density at radius 1 is 0.386 bits per heavy atom. The van der Waals surface area contributed by atoms with E-state index in [4.69, 9.17) is 9.97 Å². The molecule has 0 N–H and O–H groups in total. The summed E-state index contributed by atoms with van der Waals surface area (Å²) in [5.74, 6) is 1.62. The zero-order chi connectivity index (χ0) is 37.2. The first-order chi connectivity index (χ1) is 28.3. The summed E-state index contributed by atoms with van der Waals surface area (Å²) in [6.45, 7) is 0. The topological polar surface area (TPSA) is 35.1 Å².